The lowest BCUT2D eigenvalue weighted by molar-refractivity contribution is 0.256. The summed E-state index contributed by atoms with van der Waals surface area (Å²) in [5.41, 5.74) is 0. The zero-order valence-corrected chi connectivity index (χ0v) is 18.0. The lowest BCUT2D eigenvalue weighted by Gasteiger charge is -2.15. The van der Waals surface area contributed by atoms with E-state index in [9.17, 15) is 21.6 Å². The molecule has 0 saturated carbocycles. The van der Waals surface area contributed by atoms with Gasteiger partial charge in [-0.2, -0.15) is 9.97 Å². The van der Waals surface area contributed by atoms with Crippen LogP contribution < -0.4 is 24.3 Å². The molecule has 0 aliphatic rings. The van der Waals surface area contributed by atoms with Crippen molar-refractivity contribution in [2.24, 2.45) is 0 Å². The van der Waals surface area contributed by atoms with Crippen molar-refractivity contribution in [2.45, 2.75) is 9.79 Å². The lowest BCUT2D eigenvalue weighted by Crippen LogP contribution is -2.39. The molecule has 0 radical (unpaired) electrons. The molecular formula is C15H20N6O7S2. The minimum absolute atomic E-state index is 0.0613. The van der Waals surface area contributed by atoms with E-state index in [1.807, 2.05) is 0 Å². The average molecular weight is 460 g/mol. The standard InChI is InChI=1S/C15H20N6O7S2/c1-21(2)20-30(25,26)11-8-6-5-7-10(11)29(23,24)19-15(22)18-14-16-12(27-3)9-13(17-14)28-4/h5-9,20H,1-4H3,(H2,16,17,18,19,22). The number of hydrogen-bond acceptors (Lipinski definition) is 10. The molecule has 0 saturated heterocycles. The molecule has 2 amide bonds. The molecule has 30 heavy (non-hydrogen) atoms. The Hall–Kier alpha value is -3.01. The molecule has 164 valence electrons. The molecule has 0 unspecified atom stereocenters. The molecule has 1 aromatic heterocycles. The van der Waals surface area contributed by atoms with Crippen LogP contribution in [-0.2, 0) is 20.0 Å². The zero-order chi connectivity index (χ0) is 22.5. The molecule has 0 fully saturated rings. The normalized spacial score (nSPS) is 11.8. The molecule has 0 atom stereocenters. The van der Waals surface area contributed by atoms with E-state index >= 15 is 0 Å². The van der Waals surface area contributed by atoms with Gasteiger partial charge < -0.3 is 9.47 Å². The summed E-state index contributed by atoms with van der Waals surface area (Å²) in [5.74, 6) is -0.175. The number of urea groups is 1. The van der Waals surface area contributed by atoms with Gasteiger partial charge in [0.15, 0.2) is 0 Å². The first kappa shape index (κ1) is 23.3. The summed E-state index contributed by atoms with van der Waals surface area (Å²) < 4.78 is 61.8. The Labute approximate surface area is 173 Å². The molecule has 3 N–H and O–H groups in total. The second-order valence-corrected chi connectivity index (χ2v) is 9.05. The topological polar surface area (TPSA) is 169 Å². The van der Waals surface area contributed by atoms with Gasteiger partial charge in [0, 0.05) is 14.1 Å². The van der Waals surface area contributed by atoms with Crippen molar-refractivity contribution < 1.29 is 31.1 Å². The first-order chi connectivity index (χ1) is 14.0. The number of methoxy groups -OCH3 is 2. The molecule has 0 spiro atoms. The van der Waals surface area contributed by atoms with Crippen molar-refractivity contribution in [3.8, 4) is 11.8 Å². The lowest BCUT2D eigenvalue weighted by atomic mass is 10.4. The number of nitrogens with zero attached hydrogens (tertiary/aromatic N) is 3. The molecule has 1 aromatic carbocycles. The van der Waals surface area contributed by atoms with Crippen molar-refractivity contribution in [1.29, 1.82) is 0 Å². The number of nitrogens with one attached hydrogen (secondary N) is 3. The smallest absolute Gasteiger partial charge is 0.335 e. The molecule has 2 rings (SSSR count). The number of benzene rings is 1. The van der Waals surface area contributed by atoms with E-state index in [2.05, 4.69) is 20.1 Å². The fraction of sp³-hybridized carbons (Fsp3) is 0.267. The summed E-state index contributed by atoms with van der Waals surface area (Å²) in [6, 6.07) is 4.92. The molecule has 0 aliphatic carbocycles. The number of anilines is 1. The highest BCUT2D eigenvalue weighted by molar-refractivity contribution is 7.92. The maximum atomic E-state index is 12.7. The Balaban J connectivity index is 2.31. The number of ether oxygens (including phenoxy) is 2. The summed E-state index contributed by atoms with van der Waals surface area (Å²) in [5, 5.41) is 3.25. The van der Waals surface area contributed by atoms with Gasteiger partial charge in [-0.1, -0.05) is 12.1 Å². The van der Waals surface area contributed by atoms with Crippen molar-refractivity contribution in [1.82, 2.24) is 24.5 Å². The van der Waals surface area contributed by atoms with E-state index in [-0.39, 0.29) is 17.7 Å². The van der Waals surface area contributed by atoms with Gasteiger partial charge in [0.1, 0.15) is 9.79 Å². The minimum Gasteiger partial charge on any atom is -0.481 e. The molecule has 0 aliphatic heterocycles. The highest BCUT2D eigenvalue weighted by atomic mass is 32.2. The van der Waals surface area contributed by atoms with E-state index in [0.717, 1.165) is 17.1 Å². The van der Waals surface area contributed by atoms with Gasteiger partial charge in [0.05, 0.1) is 20.3 Å². The van der Waals surface area contributed by atoms with Crippen LogP contribution in [0, 0.1) is 0 Å². The summed E-state index contributed by atoms with van der Waals surface area (Å²) in [6.07, 6.45) is 0. The third-order valence-electron chi connectivity index (χ3n) is 3.28. The van der Waals surface area contributed by atoms with Crippen LogP contribution in [0.2, 0.25) is 0 Å². The number of aromatic nitrogens is 2. The number of sulfonamides is 2. The van der Waals surface area contributed by atoms with Crippen LogP contribution in [0.15, 0.2) is 40.1 Å². The number of hydrogen-bond donors (Lipinski definition) is 3. The fourth-order valence-corrected chi connectivity index (χ4v) is 4.98. The summed E-state index contributed by atoms with van der Waals surface area (Å²) in [6.45, 7) is 0. The van der Waals surface area contributed by atoms with Gasteiger partial charge in [0.25, 0.3) is 20.0 Å². The predicted octanol–water partition coefficient (Wildman–Crippen LogP) is -0.241. The highest BCUT2D eigenvalue weighted by Gasteiger charge is 2.28. The minimum atomic E-state index is -4.58. The molecular weight excluding hydrogens is 440 g/mol. The summed E-state index contributed by atoms with van der Waals surface area (Å²) in [4.78, 5) is 20.8. The zero-order valence-electron chi connectivity index (χ0n) is 16.4. The van der Waals surface area contributed by atoms with E-state index in [1.165, 1.54) is 46.5 Å². The number of carbonyl (C=O) groups is 1. The third-order valence-corrected chi connectivity index (χ3v) is 6.34. The van der Waals surface area contributed by atoms with Gasteiger partial charge in [0.2, 0.25) is 17.7 Å². The number of rotatable bonds is 8. The maximum absolute atomic E-state index is 12.7. The van der Waals surface area contributed by atoms with Crippen LogP contribution in [0.3, 0.4) is 0 Å². The largest absolute Gasteiger partial charge is 0.481 e. The van der Waals surface area contributed by atoms with E-state index in [1.54, 1.807) is 4.72 Å². The molecule has 0 bridgehead atoms. The Morgan fingerprint density at radius 2 is 1.43 bits per heavy atom. The van der Waals surface area contributed by atoms with Crippen molar-refractivity contribution in [3.63, 3.8) is 0 Å². The Morgan fingerprint density at radius 3 is 1.90 bits per heavy atom. The first-order valence-corrected chi connectivity index (χ1v) is 11.0. The highest BCUT2D eigenvalue weighted by Crippen LogP contribution is 2.21. The van der Waals surface area contributed by atoms with Gasteiger partial charge in [-0.25, -0.2) is 31.4 Å². The van der Waals surface area contributed by atoms with Gasteiger partial charge >= 0.3 is 6.03 Å². The van der Waals surface area contributed by atoms with Crippen LogP contribution in [0.1, 0.15) is 0 Å². The Morgan fingerprint density at radius 1 is 0.933 bits per heavy atom. The monoisotopic (exact) mass is 460 g/mol. The first-order valence-electron chi connectivity index (χ1n) is 8.08. The molecule has 2 aromatic rings. The van der Waals surface area contributed by atoms with Crippen LogP contribution in [0.5, 0.6) is 11.8 Å². The van der Waals surface area contributed by atoms with E-state index in [4.69, 9.17) is 9.47 Å². The molecule has 15 heteroatoms. The molecule has 13 nitrogen and oxygen atoms in total. The van der Waals surface area contributed by atoms with Crippen LogP contribution >= 0.6 is 0 Å². The summed E-state index contributed by atoms with van der Waals surface area (Å²) >= 11 is 0. The van der Waals surface area contributed by atoms with Crippen LogP contribution in [-0.4, -0.2) is 66.2 Å². The van der Waals surface area contributed by atoms with Crippen LogP contribution in [0.25, 0.3) is 0 Å². The quantitative estimate of drug-likeness (QED) is 0.447. The average Bonchev–Trinajstić information content (AvgIpc) is 2.66. The third kappa shape index (κ3) is 5.76. The SMILES string of the molecule is COc1cc(OC)nc(NC(=O)NS(=O)(=O)c2ccccc2S(=O)(=O)NN(C)C)n1. The predicted molar refractivity (Wildman–Crippen MR) is 105 cm³/mol. The maximum Gasteiger partial charge on any atom is 0.335 e. The Kier molecular flexibility index (Phi) is 7.14. The second kappa shape index (κ2) is 9.21. The summed E-state index contributed by atoms with van der Waals surface area (Å²) in [7, 11) is -3.30. The van der Waals surface area contributed by atoms with Crippen molar-refractivity contribution >= 4 is 32.0 Å². The molecule has 1 heterocycles. The number of carbonyl (C=O) groups excluding carboxylic acids is 1. The van der Waals surface area contributed by atoms with Crippen molar-refractivity contribution in [2.75, 3.05) is 33.6 Å². The fourth-order valence-electron chi connectivity index (χ4n) is 2.16. The van der Waals surface area contributed by atoms with E-state index in [0.29, 0.717) is 0 Å². The van der Waals surface area contributed by atoms with Crippen molar-refractivity contribution in [3.05, 3.63) is 30.3 Å². The second-order valence-electron chi connectivity index (χ2n) is 5.77. The Bertz CT molecular complexity index is 1110. The van der Waals surface area contributed by atoms with Gasteiger partial charge in [-0.3, -0.25) is 5.32 Å². The number of amides is 2. The van der Waals surface area contributed by atoms with Gasteiger partial charge in [-0.15, -0.1) is 4.83 Å². The number of hydrazine groups is 1. The van der Waals surface area contributed by atoms with Gasteiger partial charge in [-0.05, 0) is 12.1 Å². The van der Waals surface area contributed by atoms with Crippen LogP contribution in [0.4, 0.5) is 10.7 Å². The van der Waals surface area contributed by atoms with E-state index < -0.39 is 35.9 Å².